The molecule has 1 aliphatic rings. The van der Waals surface area contributed by atoms with E-state index in [4.69, 9.17) is 9.47 Å². The number of para-hydroxylation sites is 1. The van der Waals surface area contributed by atoms with Gasteiger partial charge in [-0.25, -0.2) is 0 Å². The topological polar surface area (TPSA) is 71.0 Å². The van der Waals surface area contributed by atoms with E-state index in [-0.39, 0.29) is 17.6 Å². The summed E-state index contributed by atoms with van der Waals surface area (Å²) in [5.41, 5.74) is 3.60. The quantitative estimate of drug-likeness (QED) is 0.539. The Balaban J connectivity index is 1.45. The van der Waals surface area contributed by atoms with Crippen molar-refractivity contribution < 1.29 is 19.4 Å². The number of phenolic OH excluding ortho intramolecular Hbond substituents is 1. The average molecular weight is 447 g/mol. The third-order valence-corrected chi connectivity index (χ3v) is 6.14. The number of carbonyl (C=O) groups is 1. The molecule has 33 heavy (non-hydrogen) atoms. The molecule has 1 amide bonds. The van der Waals surface area contributed by atoms with E-state index in [0.29, 0.717) is 18.8 Å². The second-order valence-electron chi connectivity index (χ2n) is 8.33. The van der Waals surface area contributed by atoms with Gasteiger partial charge in [0, 0.05) is 29.9 Å². The van der Waals surface area contributed by atoms with Crippen molar-refractivity contribution in [3.8, 4) is 28.4 Å². The van der Waals surface area contributed by atoms with Crippen LogP contribution < -0.4 is 14.8 Å². The first-order valence-corrected chi connectivity index (χ1v) is 11.2. The van der Waals surface area contributed by atoms with Gasteiger partial charge < -0.3 is 19.9 Å². The average Bonchev–Trinajstić information content (AvgIpc) is 2.86. The Morgan fingerprint density at radius 2 is 1.76 bits per heavy atom. The van der Waals surface area contributed by atoms with Crippen molar-refractivity contribution in [3.05, 3.63) is 72.3 Å². The van der Waals surface area contributed by atoms with Gasteiger partial charge >= 0.3 is 0 Å². The predicted octanol–water partition coefficient (Wildman–Crippen LogP) is 4.93. The van der Waals surface area contributed by atoms with Gasteiger partial charge in [-0.1, -0.05) is 30.3 Å². The Hall–Kier alpha value is -3.51. The number of anilines is 1. The third kappa shape index (κ3) is 5.46. The number of aromatic hydroxyl groups is 1. The highest BCUT2D eigenvalue weighted by Gasteiger charge is 2.27. The number of piperidine rings is 1. The molecule has 0 aromatic heterocycles. The van der Waals surface area contributed by atoms with Gasteiger partial charge in [0.15, 0.2) is 0 Å². The van der Waals surface area contributed by atoms with Crippen LogP contribution in [0.5, 0.6) is 17.2 Å². The van der Waals surface area contributed by atoms with Gasteiger partial charge in [0.05, 0.1) is 20.1 Å². The van der Waals surface area contributed by atoms with Crippen LogP contribution in [0, 0.1) is 5.92 Å². The maximum absolute atomic E-state index is 13.2. The molecular weight excluding hydrogens is 416 g/mol. The second kappa shape index (κ2) is 10.4. The van der Waals surface area contributed by atoms with Crippen LogP contribution in [0.4, 0.5) is 5.69 Å². The lowest BCUT2D eigenvalue weighted by atomic mass is 9.96. The van der Waals surface area contributed by atoms with Gasteiger partial charge in [0.2, 0.25) is 5.91 Å². The van der Waals surface area contributed by atoms with Crippen molar-refractivity contribution in [2.45, 2.75) is 19.4 Å². The number of rotatable bonds is 7. The number of hydrogen-bond donors (Lipinski definition) is 2. The summed E-state index contributed by atoms with van der Waals surface area (Å²) in [6.07, 6.45) is 1.78. The predicted molar refractivity (Wildman–Crippen MR) is 130 cm³/mol. The van der Waals surface area contributed by atoms with E-state index in [1.165, 1.54) is 0 Å². The van der Waals surface area contributed by atoms with Crippen LogP contribution in [0.25, 0.3) is 11.1 Å². The maximum Gasteiger partial charge on any atom is 0.228 e. The largest absolute Gasteiger partial charge is 0.508 e. The van der Waals surface area contributed by atoms with Gasteiger partial charge in [-0.15, -0.1) is 0 Å². The molecular formula is C27H30N2O4. The van der Waals surface area contributed by atoms with Crippen molar-refractivity contribution in [3.63, 3.8) is 0 Å². The Kier molecular flexibility index (Phi) is 7.15. The summed E-state index contributed by atoms with van der Waals surface area (Å²) in [4.78, 5) is 15.4. The van der Waals surface area contributed by atoms with Crippen LogP contribution in [0.15, 0.2) is 66.7 Å². The molecule has 3 aromatic rings. The smallest absolute Gasteiger partial charge is 0.228 e. The first-order valence-electron chi connectivity index (χ1n) is 11.2. The number of hydrogen-bond acceptors (Lipinski definition) is 5. The lowest BCUT2D eigenvalue weighted by Gasteiger charge is -2.32. The summed E-state index contributed by atoms with van der Waals surface area (Å²) in [5.74, 6) is 1.66. The van der Waals surface area contributed by atoms with Crippen molar-refractivity contribution in [1.29, 1.82) is 0 Å². The zero-order valence-corrected chi connectivity index (χ0v) is 19.1. The van der Waals surface area contributed by atoms with Gasteiger partial charge in [-0.3, -0.25) is 9.69 Å². The molecule has 1 fully saturated rings. The number of nitrogens with one attached hydrogen (secondary N) is 1. The number of methoxy groups -OCH3 is 2. The Morgan fingerprint density at radius 3 is 2.52 bits per heavy atom. The minimum atomic E-state index is -0.115. The van der Waals surface area contributed by atoms with Crippen LogP contribution in [0.2, 0.25) is 0 Å². The summed E-state index contributed by atoms with van der Waals surface area (Å²) >= 11 is 0. The maximum atomic E-state index is 13.2. The van der Waals surface area contributed by atoms with E-state index in [1.807, 2.05) is 54.6 Å². The fraction of sp³-hybridized carbons (Fsp3) is 0.296. The molecule has 0 radical (unpaired) electrons. The second-order valence-corrected chi connectivity index (χ2v) is 8.33. The highest BCUT2D eigenvalue weighted by atomic mass is 16.5. The highest BCUT2D eigenvalue weighted by Crippen LogP contribution is 2.31. The zero-order valence-electron chi connectivity index (χ0n) is 19.1. The molecule has 0 unspecified atom stereocenters. The summed E-state index contributed by atoms with van der Waals surface area (Å²) in [6, 6.07) is 20.9. The Morgan fingerprint density at radius 1 is 1.03 bits per heavy atom. The zero-order chi connectivity index (χ0) is 23.2. The van der Waals surface area contributed by atoms with Crippen LogP contribution in [-0.4, -0.2) is 43.2 Å². The monoisotopic (exact) mass is 446 g/mol. The van der Waals surface area contributed by atoms with E-state index in [2.05, 4.69) is 10.2 Å². The number of phenols is 1. The number of carbonyl (C=O) groups excluding carboxylic acids is 1. The van der Waals surface area contributed by atoms with E-state index in [9.17, 15) is 9.90 Å². The first kappa shape index (κ1) is 22.7. The summed E-state index contributed by atoms with van der Waals surface area (Å²) in [5, 5.41) is 13.4. The molecule has 0 saturated carbocycles. The number of ether oxygens (including phenoxy) is 2. The normalized spacial score (nSPS) is 16.2. The third-order valence-electron chi connectivity index (χ3n) is 6.14. The van der Waals surface area contributed by atoms with Crippen molar-refractivity contribution in [2.75, 3.05) is 32.6 Å². The fourth-order valence-electron chi connectivity index (χ4n) is 4.32. The van der Waals surface area contributed by atoms with Gasteiger partial charge in [0.1, 0.15) is 17.2 Å². The molecule has 6 nitrogen and oxygen atoms in total. The molecule has 3 aromatic carbocycles. The van der Waals surface area contributed by atoms with Crippen molar-refractivity contribution in [2.24, 2.45) is 5.92 Å². The molecule has 1 aliphatic heterocycles. The van der Waals surface area contributed by atoms with Crippen LogP contribution in [-0.2, 0) is 11.3 Å². The SMILES string of the molecule is COc1ccc(-c2ccccc2NC(=O)[C@@H]2CCCN(Cc3cc(OC)ccc3O)C2)cc1. The number of likely N-dealkylation sites (tertiary alicyclic amines) is 1. The standard InChI is InChI=1S/C27H30N2O4/c1-32-22-11-9-19(10-12-22)24-7-3-4-8-25(24)28-27(31)20-6-5-15-29(17-20)18-21-16-23(33-2)13-14-26(21)30/h3-4,7-14,16,20,30H,5-6,15,17-18H2,1-2H3,(H,28,31)/t20-/m1/s1. The highest BCUT2D eigenvalue weighted by molar-refractivity contribution is 5.97. The minimum absolute atomic E-state index is 0.0236. The molecule has 1 atom stereocenters. The molecule has 172 valence electrons. The molecule has 0 bridgehead atoms. The fourth-order valence-corrected chi connectivity index (χ4v) is 4.32. The van der Waals surface area contributed by atoms with Crippen molar-refractivity contribution in [1.82, 2.24) is 4.90 Å². The van der Waals surface area contributed by atoms with Crippen LogP contribution >= 0.6 is 0 Å². The van der Waals surface area contributed by atoms with E-state index >= 15 is 0 Å². The molecule has 1 saturated heterocycles. The van der Waals surface area contributed by atoms with Crippen molar-refractivity contribution >= 4 is 11.6 Å². The molecule has 6 heteroatoms. The van der Waals surface area contributed by atoms with Gasteiger partial charge in [0.25, 0.3) is 0 Å². The van der Waals surface area contributed by atoms with E-state index in [1.54, 1.807) is 26.4 Å². The molecule has 0 aliphatic carbocycles. The lowest BCUT2D eigenvalue weighted by Crippen LogP contribution is -2.40. The summed E-state index contributed by atoms with van der Waals surface area (Å²) in [6.45, 7) is 2.12. The first-order chi connectivity index (χ1) is 16.1. The molecule has 1 heterocycles. The van der Waals surface area contributed by atoms with E-state index < -0.39 is 0 Å². The van der Waals surface area contributed by atoms with Crippen LogP contribution in [0.3, 0.4) is 0 Å². The number of amides is 1. The molecule has 0 spiro atoms. The summed E-state index contributed by atoms with van der Waals surface area (Å²) in [7, 11) is 3.26. The number of nitrogens with zero attached hydrogens (tertiary/aromatic N) is 1. The van der Waals surface area contributed by atoms with Gasteiger partial charge in [-0.05, 0) is 61.3 Å². The van der Waals surface area contributed by atoms with Gasteiger partial charge in [-0.2, -0.15) is 0 Å². The lowest BCUT2D eigenvalue weighted by molar-refractivity contribution is -0.121. The summed E-state index contributed by atoms with van der Waals surface area (Å²) < 4.78 is 10.5. The van der Waals surface area contributed by atoms with E-state index in [0.717, 1.165) is 47.5 Å². The minimum Gasteiger partial charge on any atom is -0.508 e. The Bertz CT molecular complexity index is 1100. The number of benzene rings is 3. The van der Waals surface area contributed by atoms with Crippen LogP contribution in [0.1, 0.15) is 18.4 Å². The Labute approximate surface area is 194 Å². The molecule has 2 N–H and O–H groups in total. The molecule has 4 rings (SSSR count).